The molecular weight excluding hydrogens is 400 g/mol. The first-order valence-electron chi connectivity index (χ1n) is 9.01. The molecule has 6 nitrogen and oxygen atoms in total. The molecule has 8 heteroatoms. The summed E-state index contributed by atoms with van der Waals surface area (Å²) in [4.78, 5) is 14.5. The van der Waals surface area contributed by atoms with Crippen LogP contribution in [0.15, 0.2) is 53.4 Å². The molecule has 28 heavy (non-hydrogen) atoms. The quantitative estimate of drug-likeness (QED) is 0.671. The molecule has 1 amide bonds. The summed E-state index contributed by atoms with van der Waals surface area (Å²) in [5, 5.41) is 0.181. The predicted molar refractivity (Wildman–Crippen MR) is 110 cm³/mol. The van der Waals surface area contributed by atoms with E-state index >= 15 is 0 Å². The van der Waals surface area contributed by atoms with Crippen LogP contribution in [0.1, 0.15) is 19.4 Å². The van der Waals surface area contributed by atoms with Crippen LogP contribution in [-0.4, -0.2) is 45.5 Å². The van der Waals surface area contributed by atoms with E-state index in [2.05, 4.69) is 4.72 Å². The summed E-state index contributed by atoms with van der Waals surface area (Å²) in [5.74, 6) is 0.109. The number of hydrogen-bond acceptors (Lipinski definition) is 4. The number of rotatable bonds is 9. The van der Waals surface area contributed by atoms with Crippen molar-refractivity contribution >= 4 is 27.5 Å². The van der Waals surface area contributed by atoms with E-state index in [1.165, 1.54) is 25.3 Å². The Balaban J connectivity index is 2.34. The van der Waals surface area contributed by atoms with Gasteiger partial charge < -0.3 is 9.64 Å². The summed E-state index contributed by atoms with van der Waals surface area (Å²) >= 11 is 6.07. The van der Waals surface area contributed by atoms with Crippen LogP contribution in [-0.2, 0) is 21.2 Å². The minimum atomic E-state index is -3.96. The van der Waals surface area contributed by atoms with Crippen LogP contribution >= 0.6 is 11.6 Å². The average Bonchev–Trinajstić information content (AvgIpc) is 2.69. The number of hydrogen-bond donors (Lipinski definition) is 1. The average molecular weight is 425 g/mol. The van der Waals surface area contributed by atoms with Crippen molar-refractivity contribution in [1.82, 2.24) is 9.62 Å². The topological polar surface area (TPSA) is 75.7 Å². The first-order valence-corrected chi connectivity index (χ1v) is 10.9. The van der Waals surface area contributed by atoms with Gasteiger partial charge in [-0.15, -0.1) is 0 Å². The van der Waals surface area contributed by atoms with E-state index in [4.69, 9.17) is 16.3 Å². The van der Waals surface area contributed by atoms with Crippen molar-refractivity contribution in [3.8, 4) is 5.75 Å². The Kier molecular flexibility index (Phi) is 7.86. The van der Waals surface area contributed by atoms with E-state index in [9.17, 15) is 13.2 Å². The smallest absolute Gasteiger partial charge is 0.241 e. The van der Waals surface area contributed by atoms with Crippen molar-refractivity contribution in [2.45, 2.75) is 31.2 Å². The molecular formula is C20H25ClN2O4S. The number of methoxy groups -OCH3 is 1. The van der Waals surface area contributed by atoms with Crippen LogP contribution in [0.5, 0.6) is 5.75 Å². The van der Waals surface area contributed by atoms with Gasteiger partial charge in [0.25, 0.3) is 0 Å². The van der Waals surface area contributed by atoms with Crippen LogP contribution in [0, 0.1) is 0 Å². The fourth-order valence-electron chi connectivity index (χ4n) is 2.85. The molecule has 0 aliphatic heterocycles. The van der Waals surface area contributed by atoms with Crippen LogP contribution < -0.4 is 9.46 Å². The van der Waals surface area contributed by atoms with E-state index in [1.54, 1.807) is 4.90 Å². The van der Waals surface area contributed by atoms with E-state index in [0.717, 1.165) is 5.56 Å². The molecule has 2 aromatic rings. The van der Waals surface area contributed by atoms with Gasteiger partial charge in [-0.25, -0.2) is 8.42 Å². The third-order valence-corrected chi connectivity index (χ3v) is 6.15. The third-order valence-electron chi connectivity index (χ3n) is 4.39. The van der Waals surface area contributed by atoms with Gasteiger partial charge in [-0.1, -0.05) is 41.9 Å². The highest BCUT2D eigenvalue weighted by atomic mass is 35.5. The second kappa shape index (κ2) is 9.91. The summed E-state index contributed by atoms with van der Waals surface area (Å²) < 4.78 is 33.4. The second-order valence-corrected chi connectivity index (χ2v) is 8.29. The Bertz CT molecular complexity index is 900. The molecule has 0 aliphatic carbocycles. The molecule has 1 N–H and O–H groups in total. The largest absolute Gasteiger partial charge is 0.495 e. The minimum Gasteiger partial charge on any atom is -0.495 e. The number of nitrogens with zero attached hydrogens (tertiary/aromatic N) is 1. The highest BCUT2D eigenvalue weighted by molar-refractivity contribution is 7.89. The normalized spacial score (nSPS) is 12.4. The number of sulfonamides is 1. The summed E-state index contributed by atoms with van der Waals surface area (Å²) in [6.45, 7) is 4.71. The monoisotopic (exact) mass is 424 g/mol. The number of carbonyl (C=O) groups is 1. The van der Waals surface area contributed by atoms with Gasteiger partial charge in [0.05, 0.1) is 17.0 Å². The van der Waals surface area contributed by atoms with Crippen molar-refractivity contribution < 1.29 is 17.9 Å². The molecule has 2 rings (SSSR count). The highest BCUT2D eigenvalue weighted by Gasteiger charge is 2.29. The minimum absolute atomic E-state index is 0.0243. The molecule has 0 bridgehead atoms. The molecule has 1 atom stereocenters. The fraction of sp³-hybridized carbons (Fsp3) is 0.350. The molecule has 0 aromatic heterocycles. The summed E-state index contributed by atoms with van der Waals surface area (Å²) in [7, 11) is -2.51. The molecule has 0 aliphatic rings. The van der Waals surface area contributed by atoms with E-state index in [1.807, 2.05) is 44.2 Å². The maximum absolute atomic E-state index is 12.9. The molecule has 0 saturated carbocycles. The Labute approximate surface area is 171 Å². The standard InChI is InChI=1S/C20H25ClN2O4S/c1-4-23(5-2)20(24)18(13-15-9-7-6-8-10-15)22-28(25,26)16-11-12-19(27-3)17(21)14-16/h6-12,14,18,22H,4-5,13H2,1-3H3. The van der Waals surface area contributed by atoms with Crippen molar-refractivity contribution in [3.63, 3.8) is 0 Å². The highest BCUT2D eigenvalue weighted by Crippen LogP contribution is 2.27. The van der Waals surface area contributed by atoms with Crippen molar-refractivity contribution in [1.29, 1.82) is 0 Å². The Morgan fingerprint density at radius 2 is 1.79 bits per heavy atom. The lowest BCUT2D eigenvalue weighted by molar-refractivity contribution is -0.132. The lowest BCUT2D eigenvalue weighted by Gasteiger charge is -2.26. The lowest BCUT2D eigenvalue weighted by atomic mass is 10.1. The van der Waals surface area contributed by atoms with Gasteiger partial charge in [0.15, 0.2) is 0 Å². The molecule has 0 radical (unpaired) electrons. The lowest BCUT2D eigenvalue weighted by Crippen LogP contribution is -2.49. The summed E-state index contributed by atoms with van der Waals surface area (Å²) in [6.07, 6.45) is 0.249. The Morgan fingerprint density at radius 1 is 1.14 bits per heavy atom. The van der Waals surface area contributed by atoms with Gasteiger partial charge in [0.2, 0.25) is 15.9 Å². The van der Waals surface area contributed by atoms with Crippen LogP contribution in [0.4, 0.5) is 0 Å². The first kappa shape index (κ1) is 22.2. The van der Waals surface area contributed by atoms with E-state index < -0.39 is 16.1 Å². The zero-order chi connectivity index (χ0) is 20.7. The van der Waals surface area contributed by atoms with Gasteiger partial charge >= 0.3 is 0 Å². The fourth-order valence-corrected chi connectivity index (χ4v) is 4.39. The number of likely N-dealkylation sites (N-methyl/N-ethyl adjacent to an activating group) is 1. The van der Waals surface area contributed by atoms with Crippen molar-refractivity contribution in [3.05, 3.63) is 59.1 Å². The maximum atomic E-state index is 12.9. The Hall–Kier alpha value is -2.09. The molecule has 0 heterocycles. The first-order chi connectivity index (χ1) is 13.3. The molecule has 152 valence electrons. The van der Waals surface area contributed by atoms with E-state index in [-0.39, 0.29) is 22.2 Å². The Morgan fingerprint density at radius 3 is 2.32 bits per heavy atom. The summed E-state index contributed by atoms with van der Waals surface area (Å²) in [6, 6.07) is 12.6. The zero-order valence-corrected chi connectivity index (χ0v) is 17.8. The van der Waals surface area contributed by atoms with Crippen molar-refractivity contribution in [2.75, 3.05) is 20.2 Å². The number of nitrogens with one attached hydrogen (secondary N) is 1. The van der Waals surface area contributed by atoms with Gasteiger partial charge in [0.1, 0.15) is 11.8 Å². The van der Waals surface area contributed by atoms with Gasteiger partial charge in [-0.3, -0.25) is 4.79 Å². The number of carbonyl (C=O) groups excluding carboxylic acids is 1. The van der Waals surface area contributed by atoms with Crippen molar-refractivity contribution in [2.24, 2.45) is 0 Å². The van der Waals surface area contributed by atoms with Gasteiger partial charge in [0, 0.05) is 13.1 Å². The number of halogens is 1. The molecule has 0 saturated heterocycles. The second-order valence-electron chi connectivity index (χ2n) is 6.17. The van der Waals surface area contributed by atoms with Crippen LogP contribution in [0.2, 0.25) is 5.02 Å². The summed E-state index contributed by atoms with van der Waals surface area (Å²) in [5.41, 5.74) is 0.864. The molecule has 0 fully saturated rings. The van der Waals surface area contributed by atoms with E-state index in [0.29, 0.717) is 18.8 Å². The molecule has 1 unspecified atom stereocenters. The third kappa shape index (κ3) is 5.47. The van der Waals surface area contributed by atoms with Crippen LogP contribution in [0.3, 0.4) is 0 Å². The number of amides is 1. The van der Waals surface area contributed by atoms with Crippen LogP contribution in [0.25, 0.3) is 0 Å². The number of benzene rings is 2. The predicted octanol–water partition coefficient (Wildman–Crippen LogP) is 3.11. The SMILES string of the molecule is CCN(CC)C(=O)C(Cc1ccccc1)NS(=O)(=O)c1ccc(OC)c(Cl)c1. The number of ether oxygens (including phenoxy) is 1. The van der Waals surface area contributed by atoms with Gasteiger partial charge in [-0.2, -0.15) is 4.72 Å². The van der Waals surface area contributed by atoms with Gasteiger partial charge in [-0.05, 0) is 44.0 Å². The molecule has 2 aromatic carbocycles. The molecule has 0 spiro atoms. The zero-order valence-electron chi connectivity index (χ0n) is 16.2. The maximum Gasteiger partial charge on any atom is 0.241 e.